The normalized spacial score (nSPS) is 18.9. The van der Waals surface area contributed by atoms with E-state index in [9.17, 15) is 4.79 Å². The van der Waals surface area contributed by atoms with Crippen molar-refractivity contribution >= 4 is 11.6 Å². The zero-order valence-corrected chi connectivity index (χ0v) is 13.2. The fraction of sp³-hybridized carbons (Fsp3) is 0.611. The highest BCUT2D eigenvalue weighted by Crippen LogP contribution is 2.28. The maximum absolute atomic E-state index is 12.1. The summed E-state index contributed by atoms with van der Waals surface area (Å²) in [7, 11) is 0. The van der Waals surface area contributed by atoms with Gasteiger partial charge in [-0.2, -0.15) is 0 Å². The number of carbonyl (C=O) groups is 1. The van der Waals surface area contributed by atoms with Crippen molar-refractivity contribution in [2.75, 3.05) is 18.5 Å². The molecule has 22 heavy (non-hydrogen) atoms. The van der Waals surface area contributed by atoms with Crippen molar-refractivity contribution in [2.45, 2.75) is 51.5 Å². The highest BCUT2D eigenvalue weighted by Gasteiger charge is 2.15. The second-order valence-electron chi connectivity index (χ2n) is 6.44. The summed E-state index contributed by atoms with van der Waals surface area (Å²) >= 11 is 0. The van der Waals surface area contributed by atoms with Gasteiger partial charge in [-0.25, -0.2) is 0 Å². The Hall–Kier alpha value is -1.55. The first-order chi connectivity index (χ1) is 10.8. The van der Waals surface area contributed by atoms with Crippen molar-refractivity contribution in [3.63, 3.8) is 0 Å². The molecule has 3 rings (SSSR count). The molecule has 1 fully saturated rings. The number of anilines is 1. The third-order valence-corrected chi connectivity index (χ3v) is 4.70. The molecule has 1 amide bonds. The first kappa shape index (κ1) is 15.3. The van der Waals surface area contributed by atoms with Crippen LogP contribution in [0, 0.1) is 5.92 Å². The highest BCUT2D eigenvalue weighted by molar-refractivity contribution is 5.90. The molecular formula is C18H26N2O2. The van der Waals surface area contributed by atoms with E-state index in [1.807, 2.05) is 18.2 Å². The van der Waals surface area contributed by atoms with Gasteiger partial charge >= 0.3 is 0 Å². The molecule has 0 spiro atoms. The van der Waals surface area contributed by atoms with Crippen molar-refractivity contribution in [1.29, 1.82) is 0 Å². The van der Waals surface area contributed by atoms with E-state index in [2.05, 4.69) is 10.6 Å². The molecular weight excluding hydrogens is 276 g/mol. The van der Waals surface area contributed by atoms with E-state index in [-0.39, 0.29) is 5.91 Å². The summed E-state index contributed by atoms with van der Waals surface area (Å²) in [6.45, 7) is 2.35. The van der Waals surface area contributed by atoms with E-state index in [0.29, 0.717) is 13.0 Å². The lowest BCUT2D eigenvalue weighted by atomic mass is 9.86. The van der Waals surface area contributed by atoms with Gasteiger partial charge in [0.1, 0.15) is 12.4 Å². The summed E-state index contributed by atoms with van der Waals surface area (Å²) < 4.78 is 5.66. The molecule has 2 N–H and O–H groups in total. The minimum atomic E-state index is 0.132. The average Bonchev–Trinajstić information content (AvgIpc) is 2.79. The molecule has 120 valence electrons. The van der Waals surface area contributed by atoms with Crippen molar-refractivity contribution in [1.82, 2.24) is 5.32 Å². The summed E-state index contributed by atoms with van der Waals surface area (Å²) in [4.78, 5) is 12.1. The number of nitrogens with one attached hydrogen (secondary N) is 2. The molecule has 0 radical (unpaired) electrons. The topological polar surface area (TPSA) is 50.4 Å². The second kappa shape index (κ2) is 7.63. The van der Waals surface area contributed by atoms with Crippen LogP contribution in [0.15, 0.2) is 18.2 Å². The zero-order chi connectivity index (χ0) is 15.2. The number of hydrogen-bond donors (Lipinski definition) is 2. The fourth-order valence-electron chi connectivity index (χ4n) is 3.43. The van der Waals surface area contributed by atoms with Crippen LogP contribution in [-0.2, 0) is 11.3 Å². The van der Waals surface area contributed by atoms with Gasteiger partial charge in [0.2, 0.25) is 5.91 Å². The van der Waals surface area contributed by atoms with Crippen LogP contribution in [0.3, 0.4) is 0 Å². The van der Waals surface area contributed by atoms with Crippen LogP contribution >= 0.6 is 0 Å². The number of fused-ring (bicyclic) bond motifs is 1. The lowest BCUT2D eigenvalue weighted by Crippen LogP contribution is -2.16. The molecule has 1 aliphatic carbocycles. The third-order valence-electron chi connectivity index (χ3n) is 4.70. The lowest BCUT2D eigenvalue weighted by molar-refractivity contribution is -0.116. The van der Waals surface area contributed by atoms with Gasteiger partial charge in [-0.3, -0.25) is 4.79 Å². The van der Waals surface area contributed by atoms with Crippen molar-refractivity contribution in [3.8, 4) is 5.75 Å². The molecule has 0 atom stereocenters. The van der Waals surface area contributed by atoms with Crippen LogP contribution in [0.4, 0.5) is 5.69 Å². The maximum atomic E-state index is 12.1. The minimum Gasteiger partial charge on any atom is -0.492 e. The predicted molar refractivity (Wildman–Crippen MR) is 88.1 cm³/mol. The van der Waals surface area contributed by atoms with Gasteiger partial charge in [-0.05, 0) is 30.5 Å². The minimum absolute atomic E-state index is 0.132. The summed E-state index contributed by atoms with van der Waals surface area (Å²) in [6.07, 6.45) is 8.31. The Bertz CT molecular complexity index is 510. The van der Waals surface area contributed by atoms with E-state index in [0.717, 1.165) is 42.4 Å². The Morgan fingerprint density at radius 3 is 3.00 bits per heavy atom. The van der Waals surface area contributed by atoms with Gasteiger partial charge in [0.05, 0.1) is 0 Å². The van der Waals surface area contributed by atoms with Crippen molar-refractivity contribution in [2.24, 2.45) is 5.92 Å². The van der Waals surface area contributed by atoms with Crippen LogP contribution < -0.4 is 15.4 Å². The number of rotatable bonds is 4. The highest BCUT2D eigenvalue weighted by atomic mass is 16.5. The van der Waals surface area contributed by atoms with Gasteiger partial charge in [-0.15, -0.1) is 0 Å². The first-order valence-corrected chi connectivity index (χ1v) is 8.57. The molecule has 1 aromatic rings. The van der Waals surface area contributed by atoms with Gasteiger partial charge < -0.3 is 15.4 Å². The van der Waals surface area contributed by atoms with Gasteiger partial charge in [0.15, 0.2) is 0 Å². The summed E-state index contributed by atoms with van der Waals surface area (Å²) in [6, 6.07) is 5.91. The van der Waals surface area contributed by atoms with E-state index in [4.69, 9.17) is 4.74 Å². The van der Waals surface area contributed by atoms with Crippen LogP contribution in [0.2, 0.25) is 0 Å². The predicted octanol–water partition coefficient (Wildman–Crippen LogP) is 3.47. The monoisotopic (exact) mass is 302 g/mol. The van der Waals surface area contributed by atoms with Gasteiger partial charge in [-0.1, -0.05) is 32.1 Å². The van der Waals surface area contributed by atoms with Gasteiger partial charge in [0.25, 0.3) is 0 Å². The number of ether oxygens (including phenoxy) is 1. The Kier molecular flexibility index (Phi) is 5.33. The van der Waals surface area contributed by atoms with Crippen LogP contribution in [0.5, 0.6) is 5.75 Å². The molecule has 2 aliphatic rings. The number of hydrogen-bond acceptors (Lipinski definition) is 3. The molecule has 4 nitrogen and oxygen atoms in total. The number of amides is 1. The molecule has 0 unspecified atom stereocenters. The molecule has 1 saturated carbocycles. The van der Waals surface area contributed by atoms with E-state index in [1.165, 1.54) is 32.1 Å². The Balaban J connectivity index is 1.51. The summed E-state index contributed by atoms with van der Waals surface area (Å²) in [5.74, 6) is 1.81. The molecule has 0 aromatic heterocycles. The molecule has 0 saturated heterocycles. The lowest BCUT2D eigenvalue weighted by Gasteiger charge is -2.21. The number of carbonyl (C=O) groups excluding carboxylic acids is 1. The average molecular weight is 302 g/mol. The first-order valence-electron chi connectivity index (χ1n) is 8.57. The van der Waals surface area contributed by atoms with E-state index in [1.54, 1.807) is 0 Å². The largest absolute Gasteiger partial charge is 0.492 e. The van der Waals surface area contributed by atoms with E-state index >= 15 is 0 Å². The molecule has 0 bridgehead atoms. The van der Waals surface area contributed by atoms with Crippen LogP contribution in [-0.4, -0.2) is 19.1 Å². The Morgan fingerprint density at radius 1 is 1.27 bits per heavy atom. The Labute approximate surface area is 132 Å². The Morgan fingerprint density at radius 2 is 2.14 bits per heavy atom. The maximum Gasteiger partial charge on any atom is 0.224 e. The van der Waals surface area contributed by atoms with Crippen molar-refractivity contribution < 1.29 is 9.53 Å². The van der Waals surface area contributed by atoms with Gasteiger partial charge in [0, 0.05) is 30.8 Å². The fourth-order valence-corrected chi connectivity index (χ4v) is 3.43. The summed E-state index contributed by atoms with van der Waals surface area (Å²) in [5, 5.41) is 6.34. The molecule has 4 heteroatoms. The SMILES string of the molecule is O=C(CCC1CCCCC1)Nc1ccc2c(c1)CNCCO2. The standard InChI is InChI=1S/C18H26N2O2/c21-18(9-6-14-4-2-1-3-5-14)20-16-7-8-17-15(12-16)13-19-10-11-22-17/h7-8,12,14,19H,1-6,9-11,13H2,(H,20,21). The van der Waals surface area contributed by atoms with Crippen LogP contribution in [0.1, 0.15) is 50.5 Å². The zero-order valence-electron chi connectivity index (χ0n) is 13.2. The molecule has 1 heterocycles. The molecule has 1 aliphatic heterocycles. The van der Waals surface area contributed by atoms with E-state index < -0.39 is 0 Å². The molecule has 1 aromatic carbocycles. The second-order valence-corrected chi connectivity index (χ2v) is 6.44. The third kappa shape index (κ3) is 4.23. The van der Waals surface area contributed by atoms with Crippen molar-refractivity contribution in [3.05, 3.63) is 23.8 Å². The summed E-state index contributed by atoms with van der Waals surface area (Å²) in [5.41, 5.74) is 1.99. The smallest absolute Gasteiger partial charge is 0.224 e. The van der Waals surface area contributed by atoms with Crippen LogP contribution in [0.25, 0.3) is 0 Å². The number of benzene rings is 1. The quantitative estimate of drug-likeness (QED) is 0.895.